The number of aliphatic hydroxyl groups is 1. The minimum atomic E-state index is -0.0517. The van der Waals surface area contributed by atoms with Crippen LogP contribution in [0.2, 0.25) is 0 Å². The van der Waals surface area contributed by atoms with Crippen molar-refractivity contribution in [2.75, 3.05) is 6.54 Å². The van der Waals surface area contributed by atoms with E-state index in [1.165, 1.54) is 0 Å². The highest BCUT2D eigenvalue weighted by Crippen LogP contribution is 2.19. The number of hydrogen-bond donors (Lipinski definition) is 1. The van der Waals surface area contributed by atoms with Gasteiger partial charge in [0.15, 0.2) is 0 Å². The predicted molar refractivity (Wildman–Crippen MR) is 62.0 cm³/mol. The number of rotatable bonds is 3. The second kappa shape index (κ2) is 4.85. The topological polar surface area (TPSA) is 40.5 Å². The van der Waals surface area contributed by atoms with Crippen molar-refractivity contribution in [2.45, 2.75) is 24.9 Å². The monoisotopic (exact) mass is 239 g/mol. The van der Waals surface area contributed by atoms with Crippen LogP contribution >= 0.6 is 11.6 Å². The fourth-order valence-electron chi connectivity index (χ4n) is 1.85. The molecule has 2 rings (SSSR count). The van der Waals surface area contributed by atoms with Crippen LogP contribution in [0.15, 0.2) is 24.3 Å². The van der Waals surface area contributed by atoms with Crippen molar-refractivity contribution in [2.24, 2.45) is 0 Å². The van der Waals surface area contributed by atoms with E-state index in [0.29, 0.717) is 19.5 Å². The fourth-order valence-corrected chi connectivity index (χ4v) is 2.15. The first-order valence-electron chi connectivity index (χ1n) is 5.29. The maximum Gasteiger partial charge on any atom is 0.224 e. The molecule has 4 heteroatoms. The van der Waals surface area contributed by atoms with Gasteiger partial charge in [-0.2, -0.15) is 0 Å². The van der Waals surface area contributed by atoms with Gasteiger partial charge < -0.3 is 10.0 Å². The molecule has 0 spiro atoms. The van der Waals surface area contributed by atoms with Gasteiger partial charge in [0.1, 0.15) is 0 Å². The van der Waals surface area contributed by atoms with Crippen LogP contribution in [-0.4, -0.2) is 27.8 Å². The molecule has 1 fully saturated rings. The van der Waals surface area contributed by atoms with E-state index in [-0.39, 0.29) is 17.9 Å². The van der Waals surface area contributed by atoms with Gasteiger partial charge in [-0.05, 0) is 11.1 Å². The lowest BCUT2D eigenvalue weighted by molar-refractivity contribution is -0.128. The van der Waals surface area contributed by atoms with Crippen LogP contribution < -0.4 is 0 Å². The number of nitrogens with zero attached hydrogens (tertiary/aromatic N) is 1. The quantitative estimate of drug-likeness (QED) is 0.813. The Morgan fingerprint density at radius 3 is 2.44 bits per heavy atom. The predicted octanol–water partition coefficient (Wildman–Crippen LogP) is 1.52. The van der Waals surface area contributed by atoms with E-state index in [1.54, 1.807) is 4.90 Å². The SMILES string of the molecule is O=C1CC(Cl)CN1Cc1ccc(CO)cc1. The average molecular weight is 240 g/mol. The van der Waals surface area contributed by atoms with Gasteiger partial charge in [0.25, 0.3) is 0 Å². The Labute approximate surface area is 99.6 Å². The van der Waals surface area contributed by atoms with E-state index in [4.69, 9.17) is 16.7 Å². The van der Waals surface area contributed by atoms with Crippen LogP contribution in [0.4, 0.5) is 0 Å². The Balaban J connectivity index is 2.01. The molecule has 1 aliphatic rings. The largest absolute Gasteiger partial charge is 0.392 e. The maximum absolute atomic E-state index is 11.5. The van der Waals surface area contributed by atoms with Crippen molar-refractivity contribution in [3.05, 3.63) is 35.4 Å². The van der Waals surface area contributed by atoms with Gasteiger partial charge in [-0.3, -0.25) is 4.79 Å². The van der Waals surface area contributed by atoms with Crippen LogP contribution in [0.1, 0.15) is 17.5 Å². The van der Waals surface area contributed by atoms with E-state index in [1.807, 2.05) is 24.3 Å². The molecule has 16 heavy (non-hydrogen) atoms. The number of amides is 1. The summed E-state index contributed by atoms with van der Waals surface area (Å²) >= 11 is 5.92. The van der Waals surface area contributed by atoms with Crippen molar-refractivity contribution in [3.63, 3.8) is 0 Å². The molecule has 1 aromatic carbocycles. The number of carbonyl (C=O) groups excluding carboxylic acids is 1. The zero-order valence-corrected chi connectivity index (χ0v) is 9.65. The van der Waals surface area contributed by atoms with Crippen LogP contribution in [0, 0.1) is 0 Å². The number of halogens is 1. The number of carbonyl (C=O) groups is 1. The number of aliphatic hydroxyl groups excluding tert-OH is 1. The first kappa shape index (κ1) is 11.4. The molecule has 1 saturated heterocycles. The summed E-state index contributed by atoms with van der Waals surface area (Å²) in [5, 5.41) is 8.86. The maximum atomic E-state index is 11.5. The van der Waals surface area contributed by atoms with Crippen LogP contribution in [0.3, 0.4) is 0 Å². The number of benzene rings is 1. The Kier molecular flexibility index (Phi) is 3.46. The lowest BCUT2D eigenvalue weighted by atomic mass is 10.1. The molecular formula is C12H14ClNO2. The smallest absolute Gasteiger partial charge is 0.224 e. The molecular weight excluding hydrogens is 226 g/mol. The highest BCUT2D eigenvalue weighted by Gasteiger charge is 2.27. The molecule has 0 radical (unpaired) electrons. The van der Waals surface area contributed by atoms with Gasteiger partial charge >= 0.3 is 0 Å². The van der Waals surface area contributed by atoms with Gasteiger partial charge in [0.05, 0.1) is 12.0 Å². The summed E-state index contributed by atoms with van der Waals surface area (Å²) in [6.45, 7) is 1.28. The highest BCUT2D eigenvalue weighted by molar-refractivity contribution is 6.22. The normalized spacial score (nSPS) is 20.5. The van der Waals surface area contributed by atoms with Gasteiger partial charge in [-0.25, -0.2) is 0 Å². The first-order chi connectivity index (χ1) is 7.69. The van der Waals surface area contributed by atoms with Crippen LogP contribution in [-0.2, 0) is 17.9 Å². The van der Waals surface area contributed by atoms with Gasteiger partial charge in [0.2, 0.25) is 5.91 Å². The molecule has 0 bridgehead atoms. The molecule has 0 saturated carbocycles. The standard InChI is InChI=1S/C12H14ClNO2/c13-11-5-12(16)14(7-11)6-9-1-3-10(8-15)4-2-9/h1-4,11,15H,5-8H2. The van der Waals surface area contributed by atoms with Crippen molar-refractivity contribution in [3.8, 4) is 0 Å². The molecule has 1 aromatic rings. The first-order valence-corrected chi connectivity index (χ1v) is 5.73. The van der Waals surface area contributed by atoms with Gasteiger partial charge in [0, 0.05) is 19.5 Å². The van der Waals surface area contributed by atoms with Gasteiger partial charge in [-0.15, -0.1) is 11.6 Å². The summed E-state index contributed by atoms with van der Waals surface area (Å²) in [7, 11) is 0. The second-order valence-electron chi connectivity index (χ2n) is 4.05. The molecule has 3 nitrogen and oxygen atoms in total. The van der Waals surface area contributed by atoms with E-state index >= 15 is 0 Å². The average Bonchev–Trinajstić information content (AvgIpc) is 2.59. The minimum absolute atomic E-state index is 0.0483. The summed E-state index contributed by atoms with van der Waals surface area (Å²) < 4.78 is 0. The van der Waals surface area contributed by atoms with Crippen molar-refractivity contribution in [1.82, 2.24) is 4.90 Å². The summed E-state index contributed by atoms with van der Waals surface area (Å²) in [5.74, 6) is 0.117. The third-order valence-corrected chi connectivity index (χ3v) is 3.04. The third-order valence-electron chi connectivity index (χ3n) is 2.75. The fraction of sp³-hybridized carbons (Fsp3) is 0.417. The summed E-state index contributed by atoms with van der Waals surface area (Å²) in [6.07, 6.45) is 0.441. The number of hydrogen-bond acceptors (Lipinski definition) is 2. The highest BCUT2D eigenvalue weighted by atomic mass is 35.5. The van der Waals surface area contributed by atoms with Crippen molar-refractivity contribution >= 4 is 17.5 Å². The van der Waals surface area contributed by atoms with E-state index in [0.717, 1.165) is 11.1 Å². The lowest BCUT2D eigenvalue weighted by Crippen LogP contribution is -2.24. The second-order valence-corrected chi connectivity index (χ2v) is 4.67. The molecule has 1 amide bonds. The van der Waals surface area contributed by atoms with Crippen molar-refractivity contribution < 1.29 is 9.90 Å². The molecule has 1 atom stereocenters. The van der Waals surface area contributed by atoms with Gasteiger partial charge in [-0.1, -0.05) is 24.3 Å². The zero-order valence-electron chi connectivity index (χ0n) is 8.90. The van der Waals surface area contributed by atoms with Crippen molar-refractivity contribution in [1.29, 1.82) is 0 Å². The molecule has 0 aliphatic carbocycles. The van der Waals surface area contributed by atoms with Crippen LogP contribution in [0.5, 0.6) is 0 Å². The number of likely N-dealkylation sites (tertiary alicyclic amines) is 1. The Bertz CT molecular complexity index is 377. The third kappa shape index (κ3) is 2.54. The minimum Gasteiger partial charge on any atom is -0.392 e. The Hall–Kier alpha value is -1.06. The van der Waals surface area contributed by atoms with Crippen LogP contribution in [0.25, 0.3) is 0 Å². The Morgan fingerprint density at radius 2 is 1.94 bits per heavy atom. The molecule has 1 unspecified atom stereocenters. The molecule has 1 aliphatic heterocycles. The number of alkyl halides is 1. The lowest BCUT2D eigenvalue weighted by Gasteiger charge is -2.15. The molecule has 0 aromatic heterocycles. The molecule has 86 valence electrons. The Morgan fingerprint density at radius 1 is 1.31 bits per heavy atom. The summed E-state index contributed by atoms with van der Waals surface area (Å²) in [4.78, 5) is 13.3. The zero-order chi connectivity index (χ0) is 11.5. The molecule has 1 heterocycles. The van der Waals surface area contributed by atoms with E-state index in [2.05, 4.69) is 0 Å². The molecule has 1 N–H and O–H groups in total. The van der Waals surface area contributed by atoms with E-state index in [9.17, 15) is 4.79 Å². The summed E-state index contributed by atoms with van der Waals surface area (Å²) in [5.41, 5.74) is 1.95. The van der Waals surface area contributed by atoms with E-state index < -0.39 is 0 Å². The summed E-state index contributed by atoms with van der Waals surface area (Å²) in [6, 6.07) is 7.60.